The summed E-state index contributed by atoms with van der Waals surface area (Å²) in [5, 5.41) is 0. The first-order chi connectivity index (χ1) is 5.52. The van der Waals surface area contributed by atoms with Crippen molar-refractivity contribution in [3.63, 3.8) is 0 Å². The summed E-state index contributed by atoms with van der Waals surface area (Å²) in [6.45, 7) is 8.34. The highest BCUT2D eigenvalue weighted by atomic mass is 14.7. The zero-order chi connectivity index (χ0) is 9.61. The van der Waals surface area contributed by atoms with Gasteiger partial charge in [-0.05, 0) is 17.9 Å². The topological polar surface area (TPSA) is 24.7 Å². The van der Waals surface area contributed by atoms with Crippen molar-refractivity contribution in [1.82, 2.24) is 0 Å². The molecule has 2 heteroatoms. The van der Waals surface area contributed by atoms with Gasteiger partial charge in [0.25, 0.3) is 0 Å². The second kappa shape index (κ2) is 4.86. The van der Waals surface area contributed by atoms with Crippen LogP contribution in [0.2, 0.25) is 0 Å². The van der Waals surface area contributed by atoms with Crippen LogP contribution in [-0.4, -0.2) is 19.5 Å². The molecule has 0 aliphatic carbocycles. The summed E-state index contributed by atoms with van der Waals surface area (Å²) < 4.78 is 0. The van der Waals surface area contributed by atoms with Gasteiger partial charge in [-0.3, -0.25) is 9.98 Å². The molecule has 0 unspecified atom stereocenters. The molecule has 0 rings (SSSR count). The first-order valence-corrected chi connectivity index (χ1v) is 4.13. The van der Waals surface area contributed by atoms with Gasteiger partial charge in [-0.2, -0.15) is 0 Å². The Balaban J connectivity index is 4.67. The zero-order valence-electron chi connectivity index (χ0n) is 8.63. The van der Waals surface area contributed by atoms with E-state index in [0.29, 0.717) is 0 Å². The highest BCUT2D eigenvalue weighted by Crippen LogP contribution is 2.23. The van der Waals surface area contributed by atoms with Crippen molar-refractivity contribution in [1.29, 1.82) is 0 Å². The molecule has 0 aliphatic rings. The molecule has 0 aliphatic heterocycles. The van der Waals surface area contributed by atoms with E-state index in [1.54, 1.807) is 13.3 Å². The van der Waals surface area contributed by atoms with Gasteiger partial charge in [-0.15, -0.1) is 0 Å². The summed E-state index contributed by atoms with van der Waals surface area (Å²) >= 11 is 0. The van der Waals surface area contributed by atoms with E-state index < -0.39 is 0 Å². The molecule has 0 aromatic rings. The molecule has 0 N–H and O–H groups in total. The number of nitrogens with zero attached hydrogens (tertiary/aromatic N) is 2. The van der Waals surface area contributed by atoms with Gasteiger partial charge in [0.1, 0.15) is 0 Å². The predicted molar refractivity (Wildman–Crippen MR) is 56.1 cm³/mol. The molecule has 0 bridgehead atoms. The molecule has 0 saturated heterocycles. The Morgan fingerprint density at radius 3 is 2.17 bits per heavy atom. The van der Waals surface area contributed by atoms with Gasteiger partial charge in [0.2, 0.25) is 0 Å². The van der Waals surface area contributed by atoms with Gasteiger partial charge in [0, 0.05) is 25.7 Å². The van der Waals surface area contributed by atoms with Gasteiger partial charge >= 0.3 is 0 Å². The molecule has 0 amide bonds. The van der Waals surface area contributed by atoms with E-state index >= 15 is 0 Å². The van der Waals surface area contributed by atoms with Crippen LogP contribution in [0.25, 0.3) is 0 Å². The van der Waals surface area contributed by atoms with Crippen molar-refractivity contribution >= 4 is 12.4 Å². The number of rotatable bonds is 2. The smallest absolute Gasteiger partial charge is 0.0316 e. The molecule has 0 fully saturated rings. The average molecular weight is 166 g/mol. The lowest BCUT2D eigenvalue weighted by atomic mass is 9.88. The molecule has 0 radical (unpaired) electrons. The molecule has 12 heavy (non-hydrogen) atoms. The minimum absolute atomic E-state index is 0.117. The van der Waals surface area contributed by atoms with Gasteiger partial charge in [0.05, 0.1) is 0 Å². The first-order valence-electron chi connectivity index (χ1n) is 4.13. The lowest BCUT2D eigenvalue weighted by molar-refractivity contribution is 0.525. The average Bonchev–Trinajstić information content (AvgIpc) is 1.95. The Hall–Kier alpha value is -0.920. The second-order valence-electron chi connectivity index (χ2n) is 3.63. The van der Waals surface area contributed by atoms with E-state index in [1.807, 2.05) is 19.3 Å². The molecule has 0 atom stereocenters. The first kappa shape index (κ1) is 11.1. The van der Waals surface area contributed by atoms with E-state index in [2.05, 4.69) is 30.8 Å². The molecule has 0 spiro atoms. The van der Waals surface area contributed by atoms with Crippen LogP contribution in [0.4, 0.5) is 0 Å². The molecular formula is C10H18N2. The van der Waals surface area contributed by atoms with Crippen molar-refractivity contribution in [2.45, 2.75) is 27.7 Å². The highest BCUT2D eigenvalue weighted by molar-refractivity contribution is 5.80. The summed E-state index contributed by atoms with van der Waals surface area (Å²) in [7, 11) is 1.77. The summed E-state index contributed by atoms with van der Waals surface area (Å²) in [5.74, 6) is 0. The fourth-order valence-corrected chi connectivity index (χ4v) is 0.715. The van der Waals surface area contributed by atoms with Crippen LogP contribution in [-0.2, 0) is 0 Å². The molecular weight excluding hydrogens is 148 g/mol. The summed E-state index contributed by atoms with van der Waals surface area (Å²) in [4.78, 5) is 8.07. The van der Waals surface area contributed by atoms with Crippen LogP contribution < -0.4 is 0 Å². The van der Waals surface area contributed by atoms with Gasteiger partial charge < -0.3 is 0 Å². The Morgan fingerprint density at radius 1 is 1.25 bits per heavy atom. The Morgan fingerprint density at radius 2 is 1.83 bits per heavy atom. The molecule has 0 aromatic heterocycles. The van der Waals surface area contributed by atoms with Crippen molar-refractivity contribution < 1.29 is 0 Å². The standard InChI is InChI=1S/C10H18N2/c1-6-12-8-9(7-11-5)10(2,3)4/h6-8H,1-5H3. The Kier molecular flexibility index (Phi) is 4.49. The van der Waals surface area contributed by atoms with Crippen molar-refractivity contribution in [2.75, 3.05) is 7.05 Å². The predicted octanol–water partition coefficient (Wildman–Crippen LogP) is 2.71. The SMILES string of the molecule is CC=NC=C(C=NC)C(C)(C)C. The molecule has 2 nitrogen and oxygen atoms in total. The zero-order valence-corrected chi connectivity index (χ0v) is 8.63. The Labute approximate surface area is 75.1 Å². The van der Waals surface area contributed by atoms with Crippen molar-refractivity contribution in [3.8, 4) is 0 Å². The van der Waals surface area contributed by atoms with Gasteiger partial charge in [-0.25, -0.2) is 0 Å². The van der Waals surface area contributed by atoms with Gasteiger partial charge in [0.15, 0.2) is 0 Å². The minimum atomic E-state index is 0.117. The van der Waals surface area contributed by atoms with Crippen LogP contribution in [0.15, 0.2) is 21.8 Å². The minimum Gasteiger partial charge on any atom is -0.296 e. The Bertz CT molecular complexity index is 204. The fraction of sp³-hybridized carbons (Fsp3) is 0.600. The van der Waals surface area contributed by atoms with Gasteiger partial charge in [-0.1, -0.05) is 20.8 Å². The monoisotopic (exact) mass is 166 g/mol. The third-order valence-corrected chi connectivity index (χ3v) is 1.50. The lowest BCUT2D eigenvalue weighted by Gasteiger charge is -2.18. The number of hydrogen-bond donors (Lipinski definition) is 0. The summed E-state index contributed by atoms with van der Waals surface area (Å²) in [6.07, 6.45) is 5.48. The molecule has 0 aromatic carbocycles. The number of allylic oxidation sites excluding steroid dienone is 1. The maximum atomic E-state index is 4.08. The van der Waals surface area contributed by atoms with Crippen molar-refractivity contribution in [2.24, 2.45) is 15.4 Å². The number of hydrogen-bond acceptors (Lipinski definition) is 2. The summed E-state index contributed by atoms with van der Waals surface area (Å²) in [6, 6.07) is 0. The maximum absolute atomic E-state index is 4.08. The van der Waals surface area contributed by atoms with E-state index in [1.165, 1.54) is 0 Å². The third-order valence-electron chi connectivity index (χ3n) is 1.50. The number of aliphatic imine (C=N–C) groups is 2. The normalized spacial score (nSPS) is 14.9. The van der Waals surface area contributed by atoms with Crippen LogP contribution >= 0.6 is 0 Å². The molecule has 0 heterocycles. The maximum Gasteiger partial charge on any atom is 0.0316 e. The largest absolute Gasteiger partial charge is 0.296 e. The van der Waals surface area contributed by atoms with Crippen LogP contribution in [0.3, 0.4) is 0 Å². The van der Waals surface area contributed by atoms with Crippen LogP contribution in [0.5, 0.6) is 0 Å². The molecule has 68 valence electrons. The van der Waals surface area contributed by atoms with Crippen LogP contribution in [0.1, 0.15) is 27.7 Å². The highest BCUT2D eigenvalue weighted by Gasteiger charge is 2.14. The van der Waals surface area contributed by atoms with E-state index in [4.69, 9.17) is 0 Å². The fourth-order valence-electron chi connectivity index (χ4n) is 0.715. The lowest BCUT2D eigenvalue weighted by Crippen LogP contribution is -2.10. The van der Waals surface area contributed by atoms with E-state index in [-0.39, 0.29) is 5.41 Å². The second-order valence-corrected chi connectivity index (χ2v) is 3.63. The van der Waals surface area contributed by atoms with E-state index in [0.717, 1.165) is 5.57 Å². The summed E-state index contributed by atoms with van der Waals surface area (Å²) in [5.41, 5.74) is 1.26. The quantitative estimate of drug-likeness (QED) is 0.563. The van der Waals surface area contributed by atoms with E-state index in [9.17, 15) is 0 Å². The molecule has 0 saturated carbocycles. The van der Waals surface area contributed by atoms with Crippen molar-refractivity contribution in [3.05, 3.63) is 11.8 Å². The third kappa shape index (κ3) is 4.06. The van der Waals surface area contributed by atoms with Crippen LogP contribution in [0, 0.1) is 5.41 Å².